The molecule has 2 amide bonds. The summed E-state index contributed by atoms with van der Waals surface area (Å²) in [5.74, 6) is 0.358. The monoisotopic (exact) mass is 206 g/mol. The van der Waals surface area contributed by atoms with Gasteiger partial charge >= 0.3 is 6.03 Å². The van der Waals surface area contributed by atoms with Gasteiger partial charge in [0, 0.05) is 6.54 Å². The van der Waals surface area contributed by atoms with Gasteiger partial charge in [-0.25, -0.2) is 14.8 Å². The predicted molar refractivity (Wildman–Crippen MR) is 54.4 cm³/mol. The van der Waals surface area contributed by atoms with Crippen molar-refractivity contribution in [2.45, 2.75) is 6.92 Å². The van der Waals surface area contributed by atoms with Gasteiger partial charge in [0.1, 0.15) is 11.8 Å². The minimum Gasteiger partial charge on any atom is -0.338 e. The average molecular weight is 206 g/mol. The van der Waals surface area contributed by atoms with Crippen molar-refractivity contribution in [3.8, 4) is 0 Å². The van der Waals surface area contributed by atoms with Gasteiger partial charge < -0.3 is 10.3 Å². The zero-order valence-electron chi connectivity index (χ0n) is 8.11. The first-order chi connectivity index (χ1) is 7.29. The van der Waals surface area contributed by atoms with E-state index in [0.717, 1.165) is 0 Å². The molecule has 0 aliphatic heterocycles. The van der Waals surface area contributed by atoms with Crippen molar-refractivity contribution in [2.75, 3.05) is 11.9 Å². The van der Waals surface area contributed by atoms with Crippen LogP contribution in [0.3, 0.4) is 0 Å². The summed E-state index contributed by atoms with van der Waals surface area (Å²) in [5, 5.41) is 5.14. The molecule has 7 nitrogen and oxygen atoms in total. The molecular formula is C8H10N6O. The second kappa shape index (κ2) is 3.91. The number of fused-ring (bicyclic) bond motifs is 1. The van der Waals surface area contributed by atoms with Crippen LogP contribution in [0.5, 0.6) is 0 Å². The summed E-state index contributed by atoms with van der Waals surface area (Å²) in [7, 11) is 0. The largest absolute Gasteiger partial charge is 0.338 e. The summed E-state index contributed by atoms with van der Waals surface area (Å²) < 4.78 is 0. The van der Waals surface area contributed by atoms with Crippen LogP contribution in [0.4, 0.5) is 10.7 Å². The first-order valence-corrected chi connectivity index (χ1v) is 4.50. The van der Waals surface area contributed by atoms with E-state index >= 15 is 0 Å². The molecule has 2 aromatic rings. The molecule has 2 aromatic heterocycles. The van der Waals surface area contributed by atoms with Gasteiger partial charge in [-0.15, -0.1) is 0 Å². The van der Waals surface area contributed by atoms with Crippen LogP contribution in [0.15, 0.2) is 12.5 Å². The minimum absolute atomic E-state index is 0.301. The van der Waals surface area contributed by atoms with Gasteiger partial charge in [-0.3, -0.25) is 5.32 Å². The molecule has 3 N–H and O–H groups in total. The van der Waals surface area contributed by atoms with Crippen molar-refractivity contribution in [1.29, 1.82) is 0 Å². The zero-order valence-corrected chi connectivity index (χ0v) is 8.11. The summed E-state index contributed by atoms with van der Waals surface area (Å²) in [4.78, 5) is 25.9. The first-order valence-electron chi connectivity index (χ1n) is 4.50. The third-order valence-electron chi connectivity index (χ3n) is 1.73. The highest BCUT2D eigenvalue weighted by atomic mass is 16.2. The average Bonchev–Trinajstić information content (AvgIpc) is 2.59. The van der Waals surface area contributed by atoms with Crippen LogP contribution < -0.4 is 10.6 Å². The van der Waals surface area contributed by atoms with Crippen LogP contribution in [-0.4, -0.2) is 32.5 Å². The van der Waals surface area contributed by atoms with Crippen LogP contribution in [0.2, 0.25) is 0 Å². The number of carbonyl (C=O) groups excluding carboxylic acids is 1. The molecule has 2 heterocycles. The summed E-state index contributed by atoms with van der Waals surface area (Å²) in [5.41, 5.74) is 1.21. The van der Waals surface area contributed by atoms with E-state index in [4.69, 9.17) is 0 Å². The molecule has 0 saturated carbocycles. The molecule has 0 fully saturated rings. The summed E-state index contributed by atoms with van der Waals surface area (Å²) in [6.07, 6.45) is 3.00. The van der Waals surface area contributed by atoms with Crippen LogP contribution in [-0.2, 0) is 0 Å². The fraction of sp³-hybridized carbons (Fsp3) is 0.250. The number of hydrogen-bond acceptors (Lipinski definition) is 4. The van der Waals surface area contributed by atoms with Crippen LogP contribution in [0.25, 0.3) is 11.2 Å². The van der Waals surface area contributed by atoms with E-state index in [2.05, 4.69) is 30.6 Å². The molecule has 0 spiro atoms. The Hall–Kier alpha value is -2.18. The van der Waals surface area contributed by atoms with Gasteiger partial charge in [0.25, 0.3) is 0 Å². The second-order valence-electron chi connectivity index (χ2n) is 2.83. The molecule has 15 heavy (non-hydrogen) atoms. The van der Waals surface area contributed by atoms with Crippen molar-refractivity contribution in [3.63, 3.8) is 0 Å². The van der Waals surface area contributed by atoms with E-state index in [1.165, 1.54) is 6.33 Å². The molecule has 0 saturated heterocycles. The number of nitrogens with one attached hydrogen (secondary N) is 3. The van der Waals surface area contributed by atoms with Gasteiger partial charge in [-0.1, -0.05) is 0 Å². The number of hydrogen-bond donors (Lipinski definition) is 3. The Morgan fingerprint density at radius 2 is 2.47 bits per heavy atom. The topological polar surface area (TPSA) is 95.6 Å². The molecule has 0 aliphatic rings. The molecule has 78 valence electrons. The van der Waals surface area contributed by atoms with E-state index in [9.17, 15) is 4.79 Å². The van der Waals surface area contributed by atoms with Crippen molar-refractivity contribution in [2.24, 2.45) is 0 Å². The van der Waals surface area contributed by atoms with Crippen LogP contribution >= 0.6 is 0 Å². The Morgan fingerprint density at radius 1 is 1.60 bits per heavy atom. The fourth-order valence-electron chi connectivity index (χ4n) is 1.13. The van der Waals surface area contributed by atoms with E-state index in [0.29, 0.717) is 23.7 Å². The Bertz CT molecular complexity index is 446. The SMILES string of the molecule is CCNC(=O)Nc1nc2ncncc2[nH]1. The maximum absolute atomic E-state index is 11.2. The lowest BCUT2D eigenvalue weighted by atomic mass is 10.6. The minimum atomic E-state index is -0.301. The van der Waals surface area contributed by atoms with E-state index in [1.54, 1.807) is 6.20 Å². The first kappa shape index (κ1) is 9.38. The fourth-order valence-corrected chi connectivity index (χ4v) is 1.13. The van der Waals surface area contributed by atoms with Gasteiger partial charge in [0.15, 0.2) is 5.65 Å². The number of amides is 2. The normalized spacial score (nSPS) is 10.2. The number of urea groups is 1. The summed E-state index contributed by atoms with van der Waals surface area (Å²) in [6, 6.07) is -0.301. The molecule has 0 atom stereocenters. The highest BCUT2D eigenvalue weighted by Gasteiger charge is 2.05. The lowest BCUT2D eigenvalue weighted by molar-refractivity contribution is 0.252. The van der Waals surface area contributed by atoms with Crippen molar-refractivity contribution >= 4 is 23.1 Å². The molecule has 0 radical (unpaired) electrons. The van der Waals surface area contributed by atoms with E-state index in [1.807, 2.05) is 6.92 Å². The highest BCUT2D eigenvalue weighted by Crippen LogP contribution is 2.08. The van der Waals surface area contributed by atoms with Crippen LogP contribution in [0.1, 0.15) is 6.92 Å². The van der Waals surface area contributed by atoms with Crippen molar-refractivity contribution in [3.05, 3.63) is 12.5 Å². The molecule has 0 aromatic carbocycles. The Kier molecular flexibility index (Phi) is 2.44. The molecule has 0 aliphatic carbocycles. The highest BCUT2D eigenvalue weighted by molar-refractivity contribution is 5.89. The van der Waals surface area contributed by atoms with Gasteiger partial charge in [-0.05, 0) is 6.92 Å². The number of rotatable bonds is 2. The lowest BCUT2D eigenvalue weighted by Gasteiger charge is -2.00. The number of imidazole rings is 1. The zero-order chi connectivity index (χ0) is 10.7. The molecule has 2 rings (SSSR count). The summed E-state index contributed by atoms with van der Waals surface area (Å²) >= 11 is 0. The van der Waals surface area contributed by atoms with Crippen molar-refractivity contribution < 1.29 is 4.79 Å². The smallest absolute Gasteiger partial charge is 0.321 e. The van der Waals surface area contributed by atoms with Gasteiger partial charge in [-0.2, -0.15) is 4.98 Å². The number of aromatic nitrogens is 4. The maximum atomic E-state index is 11.2. The van der Waals surface area contributed by atoms with Gasteiger partial charge in [0.05, 0.1) is 6.20 Å². The number of carbonyl (C=O) groups is 1. The number of H-pyrrole nitrogens is 1. The van der Waals surface area contributed by atoms with Gasteiger partial charge in [0.2, 0.25) is 5.95 Å². The molecule has 0 bridgehead atoms. The maximum Gasteiger partial charge on any atom is 0.321 e. The van der Waals surface area contributed by atoms with Crippen molar-refractivity contribution in [1.82, 2.24) is 25.3 Å². The van der Waals surface area contributed by atoms with E-state index in [-0.39, 0.29) is 6.03 Å². The second-order valence-corrected chi connectivity index (χ2v) is 2.83. The number of nitrogens with zero attached hydrogens (tertiary/aromatic N) is 3. The third kappa shape index (κ3) is 2.01. The Morgan fingerprint density at radius 3 is 3.20 bits per heavy atom. The Balaban J connectivity index is 2.18. The number of anilines is 1. The third-order valence-corrected chi connectivity index (χ3v) is 1.73. The number of aromatic amines is 1. The Labute approximate surface area is 85.3 Å². The molecule has 7 heteroatoms. The van der Waals surface area contributed by atoms with Crippen LogP contribution in [0, 0.1) is 0 Å². The van der Waals surface area contributed by atoms with E-state index < -0.39 is 0 Å². The molecule has 0 unspecified atom stereocenters. The predicted octanol–water partition coefficient (Wildman–Crippen LogP) is 0.494. The lowest BCUT2D eigenvalue weighted by Crippen LogP contribution is -2.28. The molecular weight excluding hydrogens is 196 g/mol. The summed E-state index contributed by atoms with van der Waals surface area (Å²) in [6.45, 7) is 2.40. The standard InChI is InChI=1S/C8H10N6O/c1-2-10-8(15)14-7-12-5-3-9-4-11-6(5)13-7/h3-4H,2H2,1H3,(H3,9,10,11,12,13,14,15). The quantitative estimate of drug-likeness (QED) is 0.666.